The van der Waals surface area contributed by atoms with Gasteiger partial charge in [0.05, 0.1) is 11.9 Å². The Morgan fingerprint density at radius 2 is 1.83 bits per heavy atom. The van der Waals surface area contributed by atoms with Gasteiger partial charge in [-0.2, -0.15) is 0 Å². The number of carbonyl (C=O) groups excluding carboxylic acids is 1. The summed E-state index contributed by atoms with van der Waals surface area (Å²) in [5.41, 5.74) is 5.74. The predicted octanol–water partition coefficient (Wildman–Crippen LogP) is 2.37. The van der Waals surface area contributed by atoms with Crippen molar-refractivity contribution < 1.29 is 13.6 Å². The van der Waals surface area contributed by atoms with Gasteiger partial charge in [0.15, 0.2) is 5.78 Å². The predicted molar refractivity (Wildman–Crippen MR) is 63.0 cm³/mol. The van der Waals surface area contributed by atoms with E-state index >= 15 is 0 Å². The van der Waals surface area contributed by atoms with Crippen LogP contribution in [0.4, 0.5) is 14.5 Å². The van der Waals surface area contributed by atoms with Crippen LogP contribution in [-0.2, 0) is 6.42 Å². The number of ketones is 1. The lowest BCUT2D eigenvalue weighted by molar-refractivity contribution is 0.0986. The summed E-state index contributed by atoms with van der Waals surface area (Å²) in [5, 5.41) is 0. The van der Waals surface area contributed by atoms with Gasteiger partial charge in [-0.3, -0.25) is 9.78 Å². The molecular weight excluding hydrogens is 238 g/mol. The van der Waals surface area contributed by atoms with E-state index in [1.54, 1.807) is 0 Å². The number of rotatable bonds is 3. The molecule has 0 aliphatic rings. The number of Topliss-reactive ketones (excluding diaryl/α,β-unsaturated/α-hetero) is 1. The molecule has 0 aliphatic carbocycles. The Morgan fingerprint density at radius 3 is 2.39 bits per heavy atom. The second-order valence-corrected chi connectivity index (χ2v) is 3.78. The second kappa shape index (κ2) is 4.91. The van der Waals surface area contributed by atoms with E-state index in [-0.39, 0.29) is 17.7 Å². The number of hydrogen-bond acceptors (Lipinski definition) is 3. The summed E-state index contributed by atoms with van der Waals surface area (Å²) in [6.45, 7) is 0. The maximum absolute atomic E-state index is 13.4. The van der Waals surface area contributed by atoms with Gasteiger partial charge in [-0.15, -0.1) is 0 Å². The summed E-state index contributed by atoms with van der Waals surface area (Å²) in [5.74, 6) is -1.93. The van der Waals surface area contributed by atoms with E-state index < -0.39 is 17.4 Å². The minimum absolute atomic E-state index is 0.131. The number of aromatic nitrogens is 1. The van der Waals surface area contributed by atoms with Gasteiger partial charge in [0.25, 0.3) is 0 Å². The fraction of sp³-hybridized carbons (Fsp3) is 0.0769. The van der Waals surface area contributed by atoms with Crippen molar-refractivity contribution in [1.82, 2.24) is 4.98 Å². The van der Waals surface area contributed by atoms with Gasteiger partial charge in [-0.1, -0.05) is 6.07 Å². The SMILES string of the molecule is Nc1ccc(C(=O)Cc2c(F)cccc2F)nc1. The highest BCUT2D eigenvalue weighted by molar-refractivity contribution is 5.95. The molecule has 0 saturated heterocycles. The maximum atomic E-state index is 13.4. The van der Waals surface area contributed by atoms with Gasteiger partial charge in [0.2, 0.25) is 0 Å². The van der Waals surface area contributed by atoms with Gasteiger partial charge in [-0.05, 0) is 24.3 Å². The van der Waals surface area contributed by atoms with Crippen molar-refractivity contribution in [1.29, 1.82) is 0 Å². The highest BCUT2D eigenvalue weighted by Crippen LogP contribution is 2.15. The van der Waals surface area contributed by atoms with E-state index in [0.717, 1.165) is 12.1 Å². The Bertz CT molecular complexity index is 562. The van der Waals surface area contributed by atoms with Crippen LogP contribution in [0.3, 0.4) is 0 Å². The van der Waals surface area contributed by atoms with Crippen LogP contribution in [0.25, 0.3) is 0 Å². The topological polar surface area (TPSA) is 56.0 Å². The molecule has 3 nitrogen and oxygen atoms in total. The van der Waals surface area contributed by atoms with Crippen molar-refractivity contribution in [3.8, 4) is 0 Å². The van der Waals surface area contributed by atoms with E-state index in [9.17, 15) is 13.6 Å². The van der Waals surface area contributed by atoms with Gasteiger partial charge >= 0.3 is 0 Å². The second-order valence-electron chi connectivity index (χ2n) is 3.78. The van der Waals surface area contributed by atoms with Gasteiger partial charge in [-0.25, -0.2) is 8.78 Å². The van der Waals surface area contributed by atoms with Crippen molar-refractivity contribution in [3.05, 3.63) is 59.4 Å². The number of benzene rings is 1. The molecular formula is C13H10F2N2O. The first-order chi connectivity index (χ1) is 8.58. The monoisotopic (exact) mass is 248 g/mol. The zero-order chi connectivity index (χ0) is 13.1. The number of nitrogens with zero attached hydrogens (tertiary/aromatic N) is 1. The lowest BCUT2D eigenvalue weighted by Gasteiger charge is -2.04. The quantitative estimate of drug-likeness (QED) is 0.848. The molecule has 0 fully saturated rings. The number of halogens is 2. The molecule has 0 saturated carbocycles. The Labute approximate surface area is 102 Å². The largest absolute Gasteiger partial charge is 0.397 e. The van der Waals surface area contributed by atoms with E-state index in [0.29, 0.717) is 5.69 Å². The smallest absolute Gasteiger partial charge is 0.185 e. The lowest BCUT2D eigenvalue weighted by atomic mass is 10.1. The third-order valence-electron chi connectivity index (χ3n) is 2.47. The molecule has 0 spiro atoms. The molecule has 1 aromatic carbocycles. The number of pyridine rings is 1. The normalized spacial score (nSPS) is 10.3. The minimum atomic E-state index is -0.737. The first kappa shape index (κ1) is 12.2. The molecule has 0 radical (unpaired) electrons. The van der Waals surface area contributed by atoms with E-state index in [2.05, 4.69) is 4.98 Å². The molecule has 2 rings (SSSR count). The van der Waals surface area contributed by atoms with Crippen molar-refractivity contribution in [3.63, 3.8) is 0 Å². The third kappa shape index (κ3) is 2.51. The third-order valence-corrected chi connectivity index (χ3v) is 2.47. The van der Waals surface area contributed by atoms with Crippen LogP contribution in [0, 0.1) is 11.6 Å². The number of carbonyl (C=O) groups is 1. The summed E-state index contributed by atoms with van der Waals surface area (Å²) < 4.78 is 26.7. The zero-order valence-corrected chi connectivity index (χ0v) is 9.36. The molecule has 92 valence electrons. The highest BCUT2D eigenvalue weighted by atomic mass is 19.1. The van der Waals surface area contributed by atoms with Crippen LogP contribution in [0.1, 0.15) is 16.1 Å². The lowest BCUT2D eigenvalue weighted by Crippen LogP contribution is -2.09. The average molecular weight is 248 g/mol. The van der Waals surface area contributed by atoms with Crippen molar-refractivity contribution in [2.45, 2.75) is 6.42 Å². The van der Waals surface area contributed by atoms with Gasteiger partial charge in [0.1, 0.15) is 17.3 Å². The van der Waals surface area contributed by atoms with Crippen LogP contribution in [0.5, 0.6) is 0 Å². The zero-order valence-electron chi connectivity index (χ0n) is 9.36. The van der Waals surface area contributed by atoms with Crippen molar-refractivity contribution in [2.24, 2.45) is 0 Å². The van der Waals surface area contributed by atoms with Crippen molar-refractivity contribution in [2.75, 3.05) is 5.73 Å². The standard InChI is InChI=1S/C13H10F2N2O/c14-10-2-1-3-11(15)9(10)6-13(18)12-5-4-8(16)7-17-12/h1-5,7H,6,16H2. The first-order valence-electron chi connectivity index (χ1n) is 5.25. The molecule has 5 heteroatoms. The molecule has 1 heterocycles. The summed E-state index contributed by atoms with van der Waals surface area (Å²) in [6, 6.07) is 6.42. The van der Waals surface area contributed by atoms with E-state index in [1.807, 2.05) is 0 Å². The van der Waals surface area contributed by atoms with Crippen molar-refractivity contribution >= 4 is 11.5 Å². The number of nitrogen functional groups attached to an aromatic ring is 1. The molecule has 0 unspecified atom stereocenters. The van der Waals surface area contributed by atoms with Crippen LogP contribution in [0.15, 0.2) is 36.5 Å². The van der Waals surface area contributed by atoms with Crippen LogP contribution in [0.2, 0.25) is 0 Å². The Kier molecular flexibility index (Phi) is 3.32. The molecule has 0 aliphatic heterocycles. The Balaban J connectivity index is 2.24. The molecule has 0 atom stereocenters. The number of hydrogen-bond donors (Lipinski definition) is 1. The molecule has 0 amide bonds. The number of anilines is 1. The maximum Gasteiger partial charge on any atom is 0.185 e. The number of nitrogens with two attached hydrogens (primary N) is 1. The fourth-order valence-corrected chi connectivity index (χ4v) is 1.52. The summed E-state index contributed by atoms with van der Waals surface area (Å²) in [4.78, 5) is 15.6. The minimum Gasteiger partial charge on any atom is -0.397 e. The summed E-state index contributed by atoms with van der Waals surface area (Å²) in [6.07, 6.45) is 0.959. The summed E-state index contributed by atoms with van der Waals surface area (Å²) >= 11 is 0. The fourth-order valence-electron chi connectivity index (χ4n) is 1.52. The van der Waals surface area contributed by atoms with E-state index in [4.69, 9.17) is 5.73 Å². The summed E-state index contributed by atoms with van der Waals surface area (Å²) in [7, 11) is 0. The first-order valence-corrected chi connectivity index (χ1v) is 5.25. The molecule has 0 bridgehead atoms. The van der Waals surface area contributed by atoms with Crippen LogP contribution >= 0.6 is 0 Å². The highest BCUT2D eigenvalue weighted by Gasteiger charge is 2.15. The molecule has 2 aromatic rings. The van der Waals surface area contributed by atoms with E-state index in [1.165, 1.54) is 24.4 Å². The van der Waals surface area contributed by atoms with Gasteiger partial charge in [0, 0.05) is 12.0 Å². The molecule has 2 N–H and O–H groups in total. The van der Waals surface area contributed by atoms with Gasteiger partial charge < -0.3 is 5.73 Å². The van der Waals surface area contributed by atoms with Crippen LogP contribution < -0.4 is 5.73 Å². The van der Waals surface area contributed by atoms with Crippen LogP contribution in [-0.4, -0.2) is 10.8 Å². The average Bonchev–Trinajstić information content (AvgIpc) is 2.34. The molecule has 18 heavy (non-hydrogen) atoms. The Hall–Kier alpha value is -2.30. The molecule has 1 aromatic heterocycles. The Morgan fingerprint density at radius 1 is 1.17 bits per heavy atom.